The van der Waals surface area contributed by atoms with Gasteiger partial charge in [-0.05, 0) is 30.3 Å². The lowest BCUT2D eigenvalue weighted by molar-refractivity contribution is -0.651. The summed E-state index contributed by atoms with van der Waals surface area (Å²) in [5.74, 6) is 1.28. The van der Waals surface area contributed by atoms with Crippen molar-refractivity contribution in [3.8, 4) is 22.9 Å². The summed E-state index contributed by atoms with van der Waals surface area (Å²) in [7, 11) is 0. The number of phenols is 2. The highest BCUT2D eigenvalue weighted by Gasteiger charge is 2.23. The fourth-order valence-corrected chi connectivity index (χ4v) is 3.00. The number of para-hydroxylation sites is 4. The third-order valence-electron chi connectivity index (χ3n) is 4.20. The number of aromatic amines is 1. The van der Waals surface area contributed by atoms with E-state index in [4.69, 9.17) is 0 Å². The maximum atomic E-state index is 10.3. The molecule has 0 aliphatic carbocycles. The molecule has 4 nitrogen and oxygen atoms in total. The van der Waals surface area contributed by atoms with Crippen LogP contribution in [0.3, 0.4) is 0 Å². The number of benzene rings is 3. The predicted octanol–water partition coefficient (Wildman–Crippen LogP) is 3.58. The first-order valence-electron chi connectivity index (χ1n) is 7.80. The lowest BCUT2D eigenvalue weighted by atomic mass is 10.1. The van der Waals surface area contributed by atoms with Gasteiger partial charge >= 0.3 is 0 Å². The van der Waals surface area contributed by atoms with Crippen LogP contribution in [0.25, 0.3) is 22.4 Å². The molecule has 24 heavy (non-hydrogen) atoms. The summed E-state index contributed by atoms with van der Waals surface area (Å²) in [6, 6.07) is 22.5. The molecule has 0 radical (unpaired) electrons. The van der Waals surface area contributed by atoms with Gasteiger partial charge in [0.25, 0.3) is 5.82 Å². The van der Waals surface area contributed by atoms with Crippen LogP contribution in [0.2, 0.25) is 0 Å². The highest BCUT2D eigenvalue weighted by Crippen LogP contribution is 2.28. The molecule has 0 spiro atoms. The Hall–Kier alpha value is -3.27. The first-order chi connectivity index (χ1) is 11.7. The van der Waals surface area contributed by atoms with Gasteiger partial charge in [0.1, 0.15) is 23.6 Å². The molecular formula is C20H17N2O2+. The van der Waals surface area contributed by atoms with E-state index >= 15 is 0 Å². The van der Waals surface area contributed by atoms with E-state index < -0.39 is 0 Å². The zero-order valence-corrected chi connectivity index (χ0v) is 13.0. The van der Waals surface area contributed by atoms with Crippen LogP contribution in [-0.2, 0) is 6.54 Å². The van der Waals surface area contributed by atoms with Crippen molar-refractivity contribution in [1.82, 2.24) is 4.98 Å². The summed E-state index contributed by atoms with van der Waals surface area (Å²) in [5, 5.41) is 20.4. The number of phenolic OH excluding ortho intramolecular Hbond substituents is 2. The minimum atomic E-state index is 0.218. The molecule has 4 rings (SSSR count). The molecule has 3 aromatic carbocycles. The molecule has 1 heterocycles. The minimum absolute atomic E-state index is 0.218. The molecule has 0 amide bonds. The Labute approximate surface area is 139 Å². The van der Waals surface area contributed by atoms with Gasteiger partial charge in [0, 0.05) is 5.56 Å². The molecular weight excluding hydrogens is 300 g/mol. The first kappa shape index (κ1) is 14.3. The van der Waals surface area contributed by atoms with Gasteiger partial charge in [-0.1, -0.05) is 42.5 Å². The third-order valence-corrected chi connectivity index (χ3v) is 4.20. The summed E-state index contributed by atoms with van der Waals surface area (Å²) >= 11 is 0. The molecule has 0 atom stereocenters. The zero-order valence-electron chi connectivity index (χ0n) is 13.0. The van der Waals surface area contributed by atoms with Gasteiger partial charge in [-0.3, -0.25) is 0 Å². The van der Waals surface area contributed by atoms with Crippen LogP contribution in [0, 0.1) is 0 Å². The van der Waals surface area contributed by atoms with Crippen molar-refractivity contribution in [3.63, 3.8) is 0 Å². The summed E-state index contributed by atoms with van der Waals surface area (Å²) in [5.41, 5.74) is 3.54. The molecule has 4 aromatic rings. The molecule has 0 aliphatic rings. The first-order valence-corrected chi connectivity index (χ1v) is 7.80. The van der Waals surface area contributed by atoms with Gasteiger partial charge in [0.15, 0.2) is 11.0 Å². The number of nitrogens with one attached hydrogen (secondary N) is 1. The molecule has 0 fully saturated rings. The molecule has 3 N–H and O–H groups in total. The predicted molar refractivity (Wildman–Crippen MR) is 92.8 cm³/mol. The Bertz CT molecular complexity index is 1020. The normalized spacial score (nSPS) is 11.0. The van der Waals surface area contributed by atoms with Gasteiger partial charge in [0.05, 0.1) is 0 Å². The molecule has 118 valence electrons. The molecule has 1 aromatic heterocycles. The second-order valence-corrected chi connectivity index (χ2v) is 5.72. The van der Waals surface area contributed by atoms with Crippen LogP contribution in [0.5, 0.6) is 11.5 Å². The van der Waals surface area contributed by atoms with Gasteiger partial charge in [-0.15, -0.1) is 0 Å². The van der Waals surface area contributed by atoms with Crippen molar-refractivity contribution in [3.05, 3.63) is 78.4 Å². The zero-order chi connectivity index (χ0) is 16.5. The van der Waals surface area contributed by atoms with Gasteiger partial charge in [-0.2, -0.15) is 0 Å². The van der Waals surface area contributed by atoms with E-state index in [9.17, 15) is 10.2 Å². The summed E-state index contributed by atoms with van der Waals surface area (Å²) in [4.78, 5) is 3.38. The Balaban J connectivity index is 1.94. The monoisotopic (exact) mass is 317 g/mol. The number of hydrogen-bond donors (Lipinski definition) is 3. The molecule has 0 aliphatic heterocycles. The van der Waals surface area contributed by atoms with Crippen molar-refractivity contribution in [2.75, 3.05) is 0 Å². The molecule has 4 heteroatoms. The van der Waals surface area contributed by atoms with Gasteiger partial charge in [0.2, 0.25) is 0 Å². The average Bonchev–Trinajstić information content (AvgIpc) is 2.96. The summed E-state index contributed by atoms with van der Waals surface area (Å²) in [6.07, 6.45) is 0. The number of aromatic nitrogens is 2. The van der Waals surface area contributed by atoms with Crippen LogP contribution < -0.4 is 4.57 Å². The van der Waals surface area contributed by atoms with Crippen LogP contribution >= 0.6 is 0 Å². The Kier molecular flexibility index (Phi) is 3.43. The van der Waals surface area contributed by atoms with Crippen LogP contribution in [-0.4, -0.2) is 15.2 Å². The standard InChI is InChI=1S/C20H16N2O2/c23-18-11-5-1-7-14(18)13-22-17-10-4-3-9-16(17)21-20(22)15-8-2-6-12-19(15)24/h1-12H,13H2,(H2,21,23,24)/p+1. The third kappa shape index (κ3) is 2.38. The van der Waals surface area contributed by atoms with Crippen LogP contribution in [0.4, 0.5) is 0 Å². The second-order valence-electron chi connectivity index (χ2n) is 5.72. The SMILES string of the molecule is Oc1ccccc1C[n+]1c(-c2ccccc2O)[nH]c2ccccc21. The van der Waals surface area contributed by atoms with Gasteiger partial charge in [-0.25, -0.2) is 9.55 Å². The van der Waals surface area contributed by atoms with Crippen LogP contribution in [0.1, 0.15) is 5.56 Å². The fraction of sp³-hybridized carbons (Fsp3) is 0.0500. The summed E-state index contributed by atoms with van der Waals surface area (Å²) < 4.78 is 2.07. The minimum Gasteiger partial charge on any atom is -0.508 e. The number of fused-ring (bicyclic) bond motifs is 1. The largest absolute Gasteiger partial charge is 0.508 e. The van der Waals surface area contributed by atoms with E-state index in [1.165, 1.54) is 0 Å². The lowest BCUT2D eigenvalue weighted by Gasteiger charge is -2.06. The highest BCUT2D eigenvalue weighted by molar-refractivity contribution is 5.76. The quantitative estimate of drug-likeness (QED) is 0.506. The maximum absolute atomic E-state index is 10.3. The van der Waals surface area contributed by atoms with Crippen molar-refractivity contribution >= 4 is 11.0 Å². The van der Waals surface area contributed by atoms with Crippen molar-refractivity contribution in [2.45, 2.75) is 6.54 Å². The van der Waals surface area contributed by atoms with E-state index in [2.05, 4.69) is 9.55 Å². The summed E-state index contributed by atoms with van der Waals surface area (Å²) in [6.45, 7) is 0.500. The van der Waals surface area contributed by atoms with Gasteiger partial charge < -0.3 is 10.2 Å². The van der Waals surface area contributed by atoms with Crippen LogP contribution in [0.15, 0.2) is 72.8 Å². The van der Waals surface area contributed by atoms with Crippen molar-refractivity contribution in [2.24, 2.45) is 0 Å². The van der Waals surface area contributed by atoms with E-state index in [-0.39, 0.29) is 11.5 Å². The van der Waals surface area contributed by atoms with E-state index in [1.54, 1.807) is 18.2 Å². The fourth-order valence-electron chi connectivity index (χ4n) is 3.00. The van der Waals surface area contributed by atoms with Crippen molar-refractivity contribution < 1.29 is 14.8 Å². The van der Waals surface area contributed by atoms with Crippen molar-refractivity contribution in [1.29, 1.82) is 0 Å². The number of aromatic hydroxyl groups is 2. The highest BCUT2D eigenvalue weighted by atomic mass is 16.3. The van der Waals surface area contributed by atoms with E-state index in [0.29, 0.717) is 6.54 Å². The lowest BCUT2D eigenvalue weighted by Crippen LogP contribution is -2.35. The van der Waals surface area contributed by atoms with E-state index in [0.717, 1.165) is 28.0 Å². The maximum Gasteiger partial charge on any atom is 0.291 e. The second kappa shape index (κ2) is 5.74. The number of imidazole rings is 1. The number of hydrogen-bond acceptors (Lipinski definition) is 2. The van der Waals surface area contributed by atoms with E-state index in [1.807, 2.05) is 54.6 Å². The smallest absolute Gasteiger partial charge is 0.291 e. The number of nitrogens with zero attached hydrogens (tertiary/aromatic N) is 1. The molecule has 0 unspecified atom stereocenters. The Morgan fingerprint density at radius 2 is 1.42 bits per heavy atom. The molecule has 0 saturated heterocycles. The Morgan fingerprint density at radius 3 is 2.21 bits per heavy atom. The average molecular weight is 317 g/mol. The number of H-pyrrole nitrogens is 1. The topological polar surface area (TPSA) is 60.1 Å². The number of rotatable bonds is 3. The molecule has 0 bridgehead atoms. The molecule has 0 saturated carbocycles. The Morgan fingerprint density at radius 1 is 0.750 bits per heavy atom.